The van der Waals surface area contributed by atoms with E-state index in [1.54, 1.807) is 24.5 Å². The Morgan fingerprint density at radius 1 is 1.05 bits per heavy atom. The van der Waals surface area contributed by atoms with E-state index >= 15 is 0 Å². The van der Waals surface area contributed by atoms with E-state index in [4.69, 9.17) is 14.7 Å². The van der Waals surface area contributed by atoms with E-state index in [1.807, 2.05) is 32.9 Å². The van der Waals surface area contributed by atoms with Gasteiger partial charge in [0.05, 0.1) is 0 Å². The normalized spacial score (nSPS) is 10.0. The number of aryl methyl sites for hydroxylation is 3. The highest BCUT2D eigenvalue weighted by Crippen LogP contribution is 2.29. The highest BCUT2D eigenvalue weighted by atomic mass is 16.5. The van der Waals surface area contributed by atoms with Crippen LogP contribution in [0.4, 0.5) is 0 Å². The first kappa shape index (κ1) is 14.7. The second-order valence-electron chi connectivity index (χ2n) is 4.94. The van der Waals surface area contributed by atoms with E-state index in [0.717, 1.165) is 22.3 Å². The Morgan fingerprint density at radius 3 is 2.52 bits per heavy atom. The van der Waals surface area contributed by atoms with Crippen LogP contribution in [-0.4, -0.2) is 5.11 Å². The first-order chi connectivity index (χ1) is 10.0. The molecule has 0 bridgehead atoms. The molecule has 0 spiro atoms. The van der Waals surface area contributed by atoms with Gasteiger partial charge < -0.3 is 14.6 Å². The van der Waals surface area contributed by atoms with Crippen LogP contribution >= 0.6 is 0 Å². The molecular weight excluding hydrogens is 266 g/mol. The smallest absolute Gasteiger partial charge is 0.292 e. The molecule has 108 valence electrons. The van der Waals surface area contributed by atoms with Gasteiger partial charge in [-0.2, -0.15) is 0 Å². The standard InChI is InChI=1S/C17H17NO3/c1-11-5-4-6-16(21-10-18)14(11)9-20-17-8-12(2)15(19)7-13(17)3/h4-8,19H,9H2,1-3H3. The average Bonchev–Trinajstić information content (AvgIpc) is 2.44. The number of hydrogen-bond donors (Lipinski definition) is 1. The van der Waals surface area contributed by atoms with Crippen LogP contribution in [-0.2, 0) is 6.61 Å². The zero-order valence-corrected chi connectivity index (χ0v) is 12.3. The second-order valence-corrected chi connectivity index (χ2v) is 4.94. The maximum atomic E-state index is 9.66. The molecule has 0 saturated heterocycles. The van der Waals surface area contributed by atoms with Gasteiger partial charge in [-0.25, -0.2) is 0 Å². The van der Waals surface area contributed by atoms with Crippen molar-refractivity contribution in [2.45, 2.75) is 27.4 Å². The van der Waals surface area contributed by atoms with Crippen LogP contribution in [0.25, 0.3) is 0 Å². The summed E-state index contributed by atoms with van der Waals surface area (Å²) in [6.07, 6.45) is 1.69. The third kappa shape index (κ3) is 3.26. The summed E-state index contributed by atoms with van der Waals surface area (Å²) in [7, 11) is 0. The van der Waals surface area contributed by atoms with Gasteiger partial charge in [-0.15, -0.1) is 5.26 Å². The van der Waals surface area contributed by atoms with Crippen molar-refractivity contribution in [1.29, 1.82) is 5.26 Å². The maximum Gasteiger partial charge on any atom is 0.292 e. The molecule has 0 aliphatic rings. The molecule has 0 atom stereocenters. The monoisotopic (exact) mass is 283 g/mol. The summed E-state index contributed by atoms with van der Waals surface area (Å²) < 4.78 is 10.8. The highest BCUT2D eigenvalue weighted by molar-refractivity contribution is 5.45. The fraction of sp³-hybridized carbons (Fsp3) is 0.235. The van der Waals surface area contributed by atoms with Gasteiger partial charge in [0.25, 0.3) is 6.26 Å². The number of aromatic hydroxyl groups is 1. The second kappa shape index (κ2) is 6.19. The Morgan fingerprint density at radius 2 is 1.81 bits per heavy atom. The van der Waals surface area contributed by atoms with Crippen molar-refractivity contribution in [3.8, 4) is 23.5 Å². The third-order valence-corrected chi connectivity index (χ3v) is 3.39. The lowest BCUT2D eigenvalue weighted by Gasteiger charge is -2.14. The topological polar surface area (TPSA) is 62.5 Å². The molecule has 0 amide bonds. The lowest BCUT2D eigenvalue weighted by molar-refractivity contribution is 0.297. The summed E-state index contributed by atoms with van der Waals surface area (Å²) in [6.45, 7) is 5.94. The Balaban J connectivity index is 2.25. The molecule has 0 aromatic heterocycles. The molecule has 0 fully saturated rings. The average molecular weight is 283 g/mol. The van der Waals surface area contributed by atoms with E-state index in [-0.39, 0.29) is 5.75 Å². The molecule has 0 aliphatic carbocycles. The highest BCUT2D eigenvalue weighted by Gasteiger charge is 2.10. The molecule has 0 unspecified atom stereocenters. The van der Waals surface area contributed by atoms with E-state index in [9.17, 15) is 5.11 Å². The summed E-state index contributed by atoms with van der Waals surface area (Å²) >= 11 is 0. The van der Waals surface area contributed by atoms with Crippen LogP contribution < -0.4 is 9.47 Å². The number of ether oxygens (including phenoxy) is 2. The van der Waals surface area contributed by atoms with Crippen LogP contribution in [0.5, 0.6) is 17.2 Å². The number of nitriles is 1. The van der Waals surface area contributed by atoms with Crippen molar-refractivity contribution in [1.82, 2.24) is 0 Å². The summed E-state index contributed by atoms with van der Waals surface area (Å²) in [4.78, 5) is 0. The number of phenols is 1. The zero-order valence-electron chi connectivity index (χ0n) is 12.3. The van der Waals surface area contributed by atoms with Crippen molar-refractivity contribution in [2.75, 3.05) is 0 Å². The minimum Gasteiger partial charge on any atom is -0.508 e. The van der Waals surface area contributed by atoms with E-state index in [1.165, 1.54) is 0 Å². The van der Waals surface area contributed by atoms with E-state index < -0.39 is 0 Å². The lowest BCUT2D eigenvalue weighted by Crippen LogP contribution is -2.02. The number of nitrogens with zero attached hydrogens (tertiary/aromatic N) is 1. The number of rotatable bonds is 4. The van der Waals surface area contributed by atoms with Crippen LogP contribution in [0.15, 0.2) is 30.3 Å². The molecule has 4 nitrogen and oxygen atoms in total. The van der Waals surface area contributed by atoms with Crippen molar-refractivity contribution >= 4 is 0 Å². The van der Waals surface area contributed by atoms with Gasteiger partial charge in [-0.05, 0) is 55.7 Å². The molecule has 21 heavy (non-hydrogen) atoms. The number of benzene rings is 2. The van der Waals surface area contributed by atoms with Gasteiger partial charge in [0, 0.05) is 5.56 Å². The molecule has 0 radical (unpaired) electrons. The van der Waals surface area contributed by atoms with Gasteiger partial charge in [0.15, 0.2) is 0 Å². The molecule has 2 aromatic rings. The van der Waals surface area contributed by atoms with Crippen molar-refractivity contribution in [2.24, 2.45) is 0 Å². The van der Waals surface area contributed by atoms with Crippen molar-refractivity contribution < 1.29 is 14.6 Å². The Labute approximate surface area is 124 Å². The van der Waals surface area contributed by atoms with E-state index in [2.05, 4.69) is 0 Å². The van der Waals surface area contributed by atoms with Crippen molar-refractivity contribution in [3.05, 3.63) is 52.6 Å². The minimum atomic E-state index is 0.254. The largest absolute Gasteiger partial charge is 0.508 e. The Bertz CT molecular complexity index is 702. The SMILES string of the molecule is Cc1cc(OCc2c(C)cccc2OC#N)c(C)cc1O. The minimum absolute atomic E-state index is 0.254. The summed E-state index contributed by atoms with van der Waals surface area (Å²) in [5.41, 5.74) is 3.45. The van der Waals surface area contributed by atoms with Gasteiger partial charge in [-0.3, -0.25) is 0 Å². The molecule has 0 aliphatic heterocycles. The van der Waals surface area contributed by atoms with Gasteiger partial charge >= 0.3 is 0 Å². The lowest BCUT2D eigenvalue weighted by atomic mass is 10.1. The number of phenolic OH excluding ortho intramolecular Hbond substituents is 1. The Kier molecular flexibility index (Phi) is 4.34. The molecule has 2 aromatic carbocycles. The predicted molar refractivity (Wildman–Crippen MR) is 79.3 cm³/mol. The predicted octanol–water partition coefficient (Wildman–Crippen LogP) is 3.76. The van der Waals surface area contributed by atoms with Crippen LogP contribution in [0, 0.1) is 32.3 Å². The molecule has 0 heterocycles. The van der Waals surface area contributed by atoms with Gasteiger partial charge in [-0.1, -0.05) is 12.1 Å². The van der Waals surface area contributed by atoms with Crippen LogP contribution in [0.2, 0.25) is 0 Å². The molecule has 2 rings (SSSR count). The first-order valence-electron chi connectivity index (χ1n) is 6.60. The van der Waals surface area contributed by atoms with E-state index in [0.29, 0.717) is 18.1 Å². The zero-order chi connectivity index (χ0) is 15.4. The Hall–Kier alpha value is -2.67. The molecule has 1 N–H and O–H groups in total. The maximum absolute atomic E-state index is 9.66. The van der Waals surface area contributed by atoms with Crippen molar-refractivity contribution in [3.63, 3.8) is 0 Å². The van der Waals surface area contributed by atoms with Gasteiger partial charge in [0.2, 0.25) is 0 Å². The molecular formula is C17H17NO3. The fourth-order valence-electron chi connectivity index (χ4n) is 2.09. The van der Waals surface area contributed by atoms with Crippen LogP contribution in [0.3, 0.4) is 0 Å². The summed E-state index contributed by atoms with van der Waals surface area (Å²) in [6, 6.07) is 8.99. The first-order valence-corrected chi connectivity index (χ1v) is 6.60. The van der Waals surface area contributed by atoms with Gasteiger partial charge in [0.1, 0.15) is 23.9 Å². The summed E-state index contributed by atoms with van der Waals surface area (Å²) in [5, 5.41) is 18.3. The van der Waals surface area contributed by atoms with Crippen LogP contribution in [0.1, 0.15) is 22.3 Å². The molecule has 0 saturated carbocycles. The third-order valence-electron chi connectivity index (χ3n) is 3.39. The number of hydrogen-bond acceptors (Lipinski definition) is 4. The quantitative estimate of drug-likeness (QED) is 0.868. The molecule has 4 heteroatoms. The summed E-state index contributed by atoms with van der Waals surface area (Å²) in [5.74, 6) is 1.46. The fourth-order valence-corrected chi connectivity index (χ4v) is 2.09.